The molecule has 2 aromatic rings. The van der Waals surface area contributed by atoms with Gasteiger partial charge in [-0.15, -0.1) is 10.2 Å². The molecule has 0 aliphatic heterocycles. The van der Waals surface area contributed by atoms with Gasteiger partial charge in [0.2, 0.25) is 5.13 Å². The Morgan fingerprint density at radius 2 is 2.16 bits per heavy atom. The second-order valence-electron chi connectivity index (χ2n) is 4.14. The number of aromatic nitrogens is 2. The van der Waals surface area contributed by atoms with Gasteiger partial charge in [-0.3, -0.25) is 0 Å². The Kier molecular flexibility index (Phi) is 5.20. The molecule has 0 radical (unpaired) electrons. The molecule has 0 spiro atoms. The van der Waals surface area contributed by atoms with E-state index < -0.39 is 0 Å². The zero-order valence-corrected chi connectivity index (χ0v) is 14.0. The third-order valence-corrected chi connectivity index (χ3v) is 5.15. The first-order chi connectivity index (χ1) is 9.10. The summed E-state index contributed by atoms with van der Waals surface area (Å²) in [6, 6.07) is 6.25. The van der Waals surface area contributed by atoms with Crippen molar-refractivity contribution in [3.05, 3.63) is 28.2 Å². The van der Waals surface area contributed by atoms with Crippen molar-refractivity contribution in [3.63, 3.8) is 0 Å². The number of halogens is 1. The van der Waals surface area contributed by atoms with E-state index in [9.17, 15) is 0 Å². The molecule has 0 saturated heterocycles. The van der Waals surface area contributed by atoms with E-state index in [1.165, 1.54) is 10.5 Å². The largest absolute Gasteiger partial charge is 0.353 e. The predicted molar refractivity (Wildman–Crippen MR) is 85.3 cm³/mol. The van der Waals surface area contributed by atoms with Gasteiger partial charge in [0.05, 0.1) is 0 Å². The summed E-state index contributed by atoms with van der Waals surface area (Å²) in [5.41, 5.74) is 6.90. The normalized spacial score (nSPS) is 10.7. The van der Waals surface area contributed by atoms with Crippen molar-refractivity contribution in [3.8, 4) is 0 Å². The maximum atomic E-state index is 5.65. The van der Waals surface area contributed by atoms with Gasteiger partial charge < -0.3 is 10.6 Å². The molecular weight excluding hydrogens is 344 g/mol. The van der Waals surface area contributed by atoms with Gasteiger partial charge in [-0.25, -0.2) is 0 Å². The highest BCUT2D eigenvalue weighted by molar-refractivity contribution is 9.10. The highest BCUT2D eigenvalue weighted by Crippen LogP contribution is 2.36. The average molecular weight is 359 g/mol. The van der Waals surface area contributed by atoms with Crippen LogP contribution in [0.3, 0.4) is 0 Å². The van der Waals surface area contributed by atoms with Crippen LogP contribution in [0.2, 0.25) is 0 Å². The molecule has 0 bridgehead atoms. The molecule has 19 heavy (non-hydrogen) atoms. The van der Waals surface area contributed by atoms with Crippen molar-refractivity contribution in [2.75, 3.05) is 25.5 Å². The molecule has 0 atom stereocenters. The van der Waals surface area contributed by atoms with Crippen LogP contribution in [0.25, 0.3) is 0 Å². The molecule has 0 fully saturated rings. The van der Waals surface area contributed by atoms with Crippen LogP contribution in [0.4, 0.5) is 5.13 Å². The van der Waals surface area contributed by atoms with Gasteiger partial charge in [0.1, 0.15) is 0 Å². The molecule has 102 valence electrons. The van der Waals surface area contributed by atoms with Gasteiger partial charge in [-0.05, 0) is 30.7 Å². The summed E-state index contributed by atoms with van der Waals surface area (Å²) in [5.74, 6) is 0. The van der Waals surface area contributed by atoms with E-state index in [1.54, 1.807) is 23.1 Å². The molecule has 2 rings (SSSR count). The quantitative estimate of drug-likeness (QED) is 0.889. The summed E-state index contributed by atoms with van der Waals surface area (Å²) < 4.78 is 2.01. The lowest BCUT2D eigenvalue weighted by Crippen LogP contribution is -2.07. The summed E-state index contributed by atoms with van der Waals surface area (Å²) in [4.78, 5) is 3.14. The summed E-state index contributed by atoms with van der Waals surface area (Å²) >= 11 is 6.73. The van der Waals surface area contributed by atoms with Gasteiger partial charge in [0.15, 0.2) is 4.34 Å². The lowest BCUT2D eigenvalue weighted by atomic mass is 10.1. The van der Waals surface area contributed by atoms with Crippen molar-refractivity contribution in [1.29, 1.82) is 0 Å². The first-order valence-corrected chi connectivity index (χ1v) is 8.20. The van der Waals surface area contributed by atoms with Crippen molar-refractivity contribution < 1.29 is 0 Å². The minimum Gasteiger partial charge on any atom is -0.353 e. The minimum atomic E-state index is 0.647. The Hall–Kier alpha value is -0.630. The molecule has 7 heteroatoms. The molecule has 0 amide bonds. The van der Waals surface area contributed by atoms with Crippen molar-refractivity contribution in [2.45, 2.75) is 15.7 Å². The molecule has 1 aromatic carbocycles. The Morgan fingerprint density at radius 1 is 1.37 bits per heavy atom. The lowest BCUT2D eigenvalue weighted by molar-refractivity contribution is 0.940. The molecule has 0 aliphatic carbocycles. The molecule has 1 heterocycles. The van der Waals surface area contributed by atoms with Crippen LogP contribution in [0.15, 0.2) is 31.9 Å². The SMILES string of the molecule is CN(C)c1nnc(Sc2cc(Br)ccc2CCN)s1. The molecule has 0 unspecified atom stereocenters. The monoisotopic (exact) mass is 358 g/mol. The van der Waals surface area contributed by atoms with E-state index >= 15 is 0 Å². The second-order valence-corrected chi connectivity index (χ2v) is 7.30. The van der Waals surface area contributed by atoms with Crippen LogP contribution >= 0.6 is 39.0 Å². The van der Waals surface area contributed by atoms with Crippen LogP contribution < -0.4 is 10.6 Å². The molecule has 0 aliphatic rings. The summed E-state index contributed by atoms with van der Waals surface area (Å²) in [5, 5.41) is 9.27. The average Bonchev–Trinajstić information content (AvgIpc) is 2.81. The van der Waals surface area contributed by atoms with E-state index in [-0.39, 0.29) is 0 Å². The number of nitrogens with two attached hydrogens (primary N) is 1. The van der Waals surface area contributed by atoms with Crippen LogP contribution in [-0.2, 0) is 6.42 Å². The number of benzene rings is 1. The zero-order valence-electron chi connectivity index (χ0n) is 10.8. The first kappa shape index (κ1) is 14.8. The van der Waals surface area contributed by atoms with E-state index in [0.29, 0.717) is 6.54 Å². The van der Waals surface area contributed by atoms with Gasteiger partial charge >= 0.3 is 0 Å². The van der Waals surface area contributed by atoms with E-state index in [1.807, 2.05) is 25.1 Å². The first-order valence-electron chi connectivity index (χ1n) is 5.77. The fourth-order valence-corrected chi connectivity index (χ4v) is 3.94. The standard InChI is InChI=1S/C12H15BrN4S2/c1-17(2)11-15-16-12(19-11)18-10-7-9(13)4-3-8(10)5-6-14/h3-4,7H,5-6,14H2,1-2H3. The summed E-state index contributed by atoms with van der Waals surface area (Å²) in [6.07, 6.45) is 0.870. The Morgan fingerprint density at radius 3 is 2.79 bits per heavy atom. The number of nitrogens with zero attached hydrogens (tertiary/aromatic N) is 3. The van der Waals surface area contributed by atoms with Crippen LogP contribution in [0.5, 0.6) is 0 Å². The number of hydrogen-bond donors (Lipinski definition) is 1. The van der Waals surface area contributed by atoms with Crippen molar-refractivity contribution in [1.82, 2.24) is 10.2 Å². The Bertz CT molecular complexity index is 556. The topological polar surface area (TPSA) is 55.0 Å². The van der Waals surface area contributed by atoms with E-state index in [4.69, 9.17) is 5.73 Å². The summed E-state index contributed by atoms with van der Waals surface area (Å²) in [6.45, 7) is 0.647. The van der Waals surface area contributed by atoms with Crippen molar-refractivity contribution >= 4 is 44.2 Å². The number of rotatable bonds is 5. The maximum absolute atomic E-state index is 5.65. The minimum absolute atomic E-state index is 0.647. The van der Waals surface area contributed by atoms with Crippen molar-refractivity contribution in [2.24, 2.45) is 5.73 Å². The number of anilines is 1. The van der Waals surface area contributed by atoms with Gasteiger partial charge in [0, 0.05) is 23.5 Å². The summed E-state index contributed by atoms with van der Waals surface area (Å²) in [7, 11) is 3.93. The lowest BCUT2D eigenvalue weighted by Gasteiger charge is -2.07. The Labute approximate surface area is 129 Å². The van der Waals surface area contributed by atoms with E-state index in [0.717, 1.165) is 20.4 Å². The third kappa shape index (κ3) is 3.92. The highest BCUT2D eigenvalue weighted by Gasteiger charge is 2.10. The van der Waals surface area contributed by atoms with Gasteiger partial charge in [-0.1, -0.05) is 45.1 Å². The van der Waals surface area contributed by atoms with Gasteiger partial charge in [-0.2, -0.15) is 0 Å². The number of hydrogen-bond acceptors (Lipinski definition) is 6. The van der Waals surface area contributed by atoms with Crippen LogP contribution in [-0.4, -0.2) is 30.8 Å². The molecule has 2 N–H and O–H groups in total. The molecule has 4 nitrogen and oxygen atoms in total. The fourth-order valence-electron chi connectivity index (χ4n) is 1.50. The van der Waals surface area contributed by atoms with Crippen LogP contribution in [0.1, 0.15) is 5.56 Å². The smallest absolute Gasteiger partial charge is 0.208 e. The molecule has 1 aromatic heterocycles. The molecule has 0 saturated carbocycles. The highest BCUT2D eigenvalue weighted by atomic mass is 79.9. The van der Waals surface area contributed by atoms with Gasteiger partial charge in [0.25, 0.3) is 0 Å². The Balaban J connectivity index is 2.23. The predicted octanol–water partition coefficient (Wildman–Crippen LogP) is 3.02. The fraction of sp³-hybridized carbons (Fsp3) is 0.333. The second kappa shape index (κ2) is 6.69. The van der Waals surface area contributed by atoms with Crippen LogP contribution in [0, 0.1) is 0 Å². The van der Waals surface area contributed by atoms with E-state index in [2.05, 4.69) is 38.3 Å². The molecular formula is C12H15BrN4S2. The third-order valence-electron chi connectivity index (χ3n) is 2.42. The zero-order chi connectivity index (χ0) is 13.8. The maximum Gasteiger partial charge on any atom is 0.208 e.